The van der Waals surface area contributed by atoms with Crippen molar-refractivity contribution < 1.29 is 17.9 Å². The third kappa shape index (κ3) is 4.52. The molecule has 1 aromatic carbocycles. The van der Waals surface area contributed by atoms with Crippen LogP contribution in [0.3, 0.4) is 0 Å². The Morgan fingerprint density at radius 3 is 2.61 bits per heavy atom. The Hall–Kier alpha value is -1.15. The Labute approximate surface area is 186 Å². The van der Waals surface area contributed by atoms with Crippen LogP contribution in [0.25, 0.3) is 0 Å². The van der Waals surface area contributed by atoms with E-state index in [0.717, 1.165) is 70.2 Å². The standard InChI is InChI=1S/C24H36N2O4S/c1-24(12-13-24)31(27,28)25-21-6-4-14-26-15-16-29-23-7-3-2-5-20(23)18-8-10-19(11-9-18)30-17-22(21)26/h2-3,5,7,18-19,21-22,25H,4,6,8-17H2,1H3/t18?,19?,21-,22-/m0/s1. The summed E-state index contributed by atoms with van der Waals surface area (Å²) in [6.07, 6.45) is 8.00. The van der Waals surface area contributed by atoms with Gasteiger partial charge in [0.15, 0.2) is 0 Å². The number of fused-ring (bicyclic) bond motifs is 5. The predicted octanol–water partition coefficient (Wildman–Crippen LogP) is 3.43. The number of piperidine rings is 1. The van der Waals surface area contributed by atoms with E-state index in [-0.39, 0.29) is 18.2 Å². The van der Waals surface area contributed by atoms with Gasteiger partial charge in [-0.15, -0.1) is 0 Å². The van der Waals surface area contributed by atoms with Gasteiger partial charge in [0.1, 0.15) is 12.4 Å². The van der Waals surface area contributed by atoms with Crippen molar-refractivity contribution in [1.82, 2.24) is 9.62 Å². The number of benzene rings is 1. The molecule has 2 atom stereocenters. The lowest BCUT2D eigenvalue weighted by atomic mass is 9.82. The Bertz CT molecular complexity index is 877. The van der Waals surface area contributed by atoms with Gasteiger partial charge in [0.05, 0.1) is 17.5 Å². The van der Waals surface area contributed by atoms with Crippen LogP contribution in [-0.4, -0.2) is 62.6 Å². The zero-order valence-electron chi connectivity index (χ0n) is 18.6. The number of sulfonamides is 1. The molecule has 0 unspecified atom stereocenters. The van der Waals surface area contributed by atoms with Crippen LogP contribution in [-0.2, 0) is 14.8 Å². The molecule has 2 saturated carbocycles. The van der Waals surface area contributed by atoms with Crippen LogP contribution in [0.2, 0.25) is 0 Å². The van der Waals surface area contributed by atoms with Crippen LogP contribution in [0.15, 0.2) is 24.3 Å². The van der Waals surface area contributed by atoms with E-state index in [0.29, 0.717) is 19.1 Å². The first-order chi connectivity index (χ1) is 15.0. The molecule has 1 saturated heterocycles. The van der Waals surface area contributed by atoms with Gasteiger partial charge in [-0.2, -0.15) is 0 Å². The average Bonchev–Trinajstić information content (AvgIpc) is 3.52. The second kappa shape index (κ2) is 8.65. The number of ether oxygens (including phenoxy) is 2. The largest absolute Gasteiger partial charge is 0.492 e. The molecule has 7 heteroatoms. The number of para-hydroxylation sites is 1. The van der Waals surface area contributed by atoms with Crippen LogP contribution in [0.1, 0.15) is 69.8 Å². The normalized spacial score (nSPS) is 33.7. The molecule has 0 aromatic heterocycles. The molecular weight excluding hydrogens is 412 g/mol. The first kappa shape index (κ1) is 21.7. The molecule has 3 aliphatic heterocycles. The molecule has 31 heavy (non-hydrogen) atoms. The van der Waals surface area contributed by atoms with Crippen LogP contribution >= 0.6 is 0 Å². The summed E-state index contributed by atoms with van der Waals surface area (Å²) >= 11 is 0. The van der Waals surface area contributed by atoms with Crippen LogP contribution < -0.4 is 9.46 Å². The SMILES string of the molecule is CC1(S(=O)(=O)N[C@H]2CCCN3CCOc4ccccc4C4CCC(CC4)OC[C@@H]23)CC1. The maximum Gasteiger partial charge on any atom is 0.217 e. The minimum Gasteiger partial charge on any atom is -0.492 e. The van der Waals surface area contributed by atoms with Gasteiger partial charge in [0, 0.05) is 18.6 Å². The summed E-state index contributed by atoms with van der Waals surface area (Å²) in [7, 11) is -3.31. The summed E-state index contributed by atoms with van der Waals surface area (Å²) in [6.45, 7) is 4.81. The van der Waals surface area contributed by atoms with Crippen LogP contribution in [0.4, 0.5) is 0 Å². The Morgan fingerprint density at radius 1 is 1.06 bits per heavy atom. The minimum absolute atomic E-state index is 0.0585. The highest BCUT2D eigenvalue weighted by atomic mass is 32.2. The molecule has 5 aliphatic rings. The molecule has 6 rings (SSSR count). The number of rotatable bonds is 3. The fourth-order valence-corrected chi connectivity index (χ4v) is 7.14. The van der Waals surface area contributed by atoms with Gasteiger partial charge in [0.2, 0.25) is 10.0 Å². The topological polar surface area (TPSA) is 67.9 Å². The van der Waals surface area contributed by atoms with Crippen molar-refractivity contribution in [2.45, 2.75) is 87.1 Å². The molecule has 0 spiro atoms. The van der Waals surface area contributed by atoms with E-state index in [1.165, 1.54) is 5.56 Å². The predicted molar refractivity (Wildman–Crippen MR) is 121 cm³/mol. The maximum absolute atomic E-state index is 12.9. The smallest absolute Gasteiger partial charge is 0.217 e. The molecule has 0 amide bonds. The monoisotopic (exact) mass is 448 g/mol. The third-order valence-electron chi connectivity index (χ3n) is 7.98. The fraction of sp³-hybridized carbons (Fsp3) is 0.750. The Balaban J connectivity index is 1.36. The fourth-order valence-electron chi connectivity index (χ4n) is 5.55. The second-order valence-electron chi connectivity index (χ2n) is 10.1. The summed E-state index contributed by atoms with van der Waals surface area (Å²) in [5.41, 5.74) is 1.33. The van der Waals surface area contributed by atoms with E-state index >= 15 is 0 Å². The van der Waals surface area contributed by atoms with E-state index < -0.39 is 14.8 Å². The van der Waals surface area contributed by atoms with Gasteiger partial charge in [-0.1, -0.05) is 18.2 Å². The van der Waals surface area contributed by atoms with E-state index in [1.54, 1.807) is 0 Å². The highest BCUT2D eigenvalue weighted by Gasteiger charge is 2.51. The van der Waals surface area contributed by atoms with Gasteiger partial charge in [-0.05, 0) is 82.4 Å². The summed E-state index contributed by atoms with van der Waals surface area (Å²) in [5, 5.41) is 0. The molecular formula is C24H36N2O4S. The molecule has 3 fully saturated rings. The van der Waals surface area contributed by atoms with Gasteiger partial charge < -0.3 is 9.47 Å². The molecule has 172 valence electrons. The molecule has 6 nitrogen and oxygen atoms in total. The summed E-state index contributed by atoms with van der Waals surface area (Å²) in [5.74, 6) is 1.55. The molecule has 0 radical (unpaired) electrons. The lowest BCUT2D eigenvalue weighted by molar-refractivity contribution is -0.0284. The summed E-state index contributed by atoms with van der Waals surface area (Å²) in [6, 6.07) is 8.44. The molecule has 1 aromatic rings. The van der Waals surface area contributed by atoms with E-state index in [9.17, 15) is 8.42 Å². The van der Waals surface area contributed by atoms with Gasteiger partial charge in [-0.3, -0.25) is 4.90 Å². The quantitative estimate of drug-likeness (QED) is 0.767. The molecule has 2 aliphatic carbocycles. The van der Waals surface area contributed by atoms with Crippen LogP contribution in [0.5, 0.6) is 5.75 Å². The highest BCUT2D eigenvalue weighted by molar-refractivity contribution is 7.91. The Kier molecular flexibility index (Phi) is 6.05. The average molecular weight is 449 g/mol. The van der Waals surface area contributed by atoms with Crippen molar-refractivity contribution in [3.63, 3.8) is 0 Å². The van der Waals surface area contributed by atoms with Crippen molar-refractivity contribution in [2.75, 3.05) is 26.3 Å². The molecule has 3 heterocycles. The van der Waals surface area contributed by atoms with Gasteiger partial charge in [0.25, 0.3) is 0 Å². The van der Waals surface area contributed by atoms with E-state index in [4.69, 9.17) is 9.47 Å². The number of nitrogens with one attached hydrogen (secondary N) is 1. The second-order valence-corrected chi connectivity index (χ2v) is 12.3. The number of nitrogens with zero attached hydrogens (tertiary/aromatic N) is 1. The highest BCUT2D eigenvalue weighted by Crippen LogP contribution is 2.43. The van der Waals surface area contributed by atoms with Crippen molar-refractivity contribution in [3.8, 4) is 5.75 Å². The number of hydrogen-bond donors (Lipinski definition) is 1. The van der Waals surface area contributed by atoms with Crippen LogP contribution in [0, 0.1) is 0 Å². The summed E-state index contributed by atoms with van der Waals surface area (Å²) in [4.78, 5) is 2.39. The lowest BCUT2D eigenvalue weighted by Crippen LogP contribution is -2.59. The van der Waals surface area contributed by atoms with Crippen molar-refractivity contribution >= 4 is 10.0 Å². The van der Waals surface area contributed by atoms with Gasteiger partial charge >= 0.3 is 0 Å². The zero-order valence-corrected chi connectivity index (χ0v) is 19.4. The third-order valence-corrected chi connectivity index (χ3v) is 10.3. The minimum atomic E-state index is -3.31. The maximum atomic E-state index is 12.9. The summed E-state index contributed by atoms with van der Waals surface area (Å²) < 4.78 is 41.1. The zero-order chi connectivity index (χ0) is 21.5. The van der Waals surface area contributed by atoms with Crippen molar-refractivity contribution in [2.24, 2.45) is 0 Å². The first-order valence-electron chi connectivity index (χ1n) is 12.0. The van der Waals surface area contributed by atoms with E-state index in [2.05, 4.69) is 33.9 Å². The van der Waals surface area contributed by atoms with Gasteiger partial charge in [-0.25, -0.2) is 13.1 Å². The molecule has 1 N–H and O–H groups in total. The first-order valence-corrected chi connectivity index (χ1v) is 13.5. The Morgan fingerprint density at radius 2 is 1.84 bits per heavy atom. The van der Waals surface area contributed by atoms with Crippen molar-refractivity contribution in [1.29, 1.82) is 0 Å². The van der Waals surface area contributed by atoms with Crippen molar-refractivity contribution in [3.05, 3.63) is 29.8 Å². The molecule has 2 bridgehead atoms. The lowest BCUT2D eigenvalue weighted by Gasteiger charge is -2.42. The van der Waals surface area contributed by atoms with E-state index in [1.807, 2.05) is 6.92 Å². The number of hydrogen-bond acceptors (Lipinski definition) is 5.